The first-order valence-corrected chi connectivity index (χ1v) is 8.73. The van der Waals surface area contributed by atoms with Crippen LogP contribution in [0.2, 0.25) is 5.02 Å². The lowest BCUT2D eigenvalue weighted by molar-refractivity contribution is -0.119. The standard InChI is InChI=1S/C20H20ClNO4/c1-10(2)18(23)16-17(15-8-6-12(4)26-15)22(20(25)19(16)24)13-7-5-11(3)14(21)9-13/h5-10,17,24H,1-4H3. The van der Waals surface area contributed by atoms with E-state index in [1.807, 2.05) is 6.92 Å². The molecule has 6 heteroatoms. The van der Waals surface area contributed by atoms with Crippen LogP contribution in [0.3, 0.4) is 0 Å². The maximum atomic E-state index is 12.8. The van der Waals surface area contributed by atoms with Gasteiger partial charge in [-0.15, -0.1) is 0 Å². The quantitative estimate of drug-likeness (QED) is 0.845. The zero-order valence-corrected chi connectivity index (χ0v) is 15.8. The van der Waals surface area contributed by atoms with Gasteiger partial charge in [0.05, 0.1) is 5.57 Å². The molecule has 1 aromatic heterocycles. The highest BCUT2D eigenvalue weighted by molar-refractivity contribution is 6.31. The number of hydrogen-bond acceptors (Lipinski definition) is 4. The van der Waals surface area contributed by atoms with Crippen molar-refractivity contribution in [3.8, 4) is 0 Å². The highest BCUT2D eigenvalue weighted by Crippen LogP contribution is 2.43. The number of halogens is 1. The van der Waals surface area contributed by atoms with E-state index in [1.54, 1.807) is 51.1 Å². The Kier molecular flexibility index (Phi) is 4.67. The van der Waals surface area contributed by atoms with Gasteiger partial charge < -0.3 is 9.52 Å². The summed E-state index contributed by atoms with van der Waals surface area (Å²) in [6.45, 7) is 7.08. The minimum absolute atomic E-state index is 0.0519. The van der Waals surface area contributed by atoms with Crippen molar-refractivity contribution in [1.29, 1.82) is 0 Å². The maximum Gasteiger partial charge on any atom is 0.294 e. The summed E-state index contributed by atoms with van der Waals surface area (Å²) in [5, 5.41) is 11.0. The third kappa shape index (κ3) is 2.92. The van der Waals surface area contributed by atoms with E-state index >= 15 is 0 Å². The molecule has 0 bridgehead atoms. The molecular weight excluding hydrogens is 354 g/mol. The Balaban J connectivity index is 2.19. The van der Waals surface area contributed by atoms with Crippen LogP contribution in [0.5, 0.6) is 0 Å². The first kappa shape index (κ1) is 18.3. The summed E-state index contributed by atoms with van der Waals surface area (Å²) < 4.78 is 5.71. The van der Waals surface area contributed by atoms with Crippen LogP contribution in [0.25, 0.3) is 0 Å². The number of carbonyl (C=O) groups excluding carboxylic acids is 2. The van der Waals surface area contributed by atoms with Crippen molar-refractivity contribution in [3.05, 3.63) is 63.8 Å². The Hall–Kier alpha value is -2.53. The van der Waals surface area contributed by atoms with Crippen molar-refractivity contribution in [1.82, 2.24) is 0 Å². The molecule has 1 unspecified atom stereocenters. The molecule has 1 aromatic carbocycles. The number of aliphatic hydroxyl groups is 1. The number of amides is 1. The van der Waals surface area contributed by atoms with E-state index in [-0.39, 0.29) is 17.3 Å². The number of rotatable bonds is 4. The van der Waals surface area contributed by atoms with Crippen molar-refractivity contribution >= 4 is 29.0 Å². The summed E-state index contributed by atoms with van der Waals surface area (Å²) in [7, 11) is 0. The smallest absolute Gasteiger partial charge is 0.294 e. The number of anilines is 1. The Morgan fingerprint density at radius 2 is 1.92 bits per heavy atom. The van der Waals surface area contributed by atoms with Crippen molar-refractivity contribution in [2.24, 2.45) is 5.92 Å². The monoisotopic (exact) mass is 373 g/mol. The SMILES string of the molecule is Cc1ccc(C2C(C(=O)C(C)C)=C(O)C(=O)N2c2ccc(C)c(Cl)c2)o1. The van der Waals surface area contributed by atoms with Crippen LogP contribution in [-0.4, -0.2) is 16.8 Å². The Morgan fingerprint density at radius 3 is 2.46 bits per heavy atom. The largest absolute Gasteiger partial charge is 0.503 e. The van der Waals surface area contributed by atoms with Crippen LogP contribution in [0.1, 0.15) is 37.0 Å². The van der Waals surface area contributed by atoms with Gasteiger partial charge in [-0.05, 0) is 43.7 Å². The number of ketones is 1. The number of furan rings is 1. The van der Waals surface area contributed by atoms with Gasteiger partial charge in [0.1, 0.15) is 17.6 Å². The normalized spacial score (nSPS) is 17.5. The fourth-order valence-electron chi connectivity index (χ4n) is 3.04. The second-order valence-corrected chi connectivity index (χ2v) is 7.15. The Morgan fingerprint density at radius 1 is 1.23 bits per heavy atom. The van der Waals surface area contributed by atoms with Gasteiger partial charge in [0, 0.05) is 16.6 Å². The zero-order chi connectivity index (χ0) is 19.2. The van der Waals surface area contributed by atoms with Crippen molar-refractivity contribution in [3.63, 3.8) is 0 Å². The number of hydrogen-bond donors (Lipinski definition) is 1. The highest BCUT2D eigenvalue weighted by atomic mass is 35.5. The molecule has 0 aliphatic carbocycles. The predicted molar refractivity (Wildman–Crippen MR) is 99.4 cm³/mol. The maximum absolute atomic E-state index is 12.8. The van der Waals surface area contributed by atoms with Gasteiger partial charge in [0.2, 0.25) is 0 Å². The summed E-state index contributed by atoms with van der Waals surface area (Å²) >= 11 is 6.22. The molecule has 136 valence electrons. The van der Waals surface area contributed by atoms with Crippen LogP contribution in [0.15, 0.2) is 46.1 Å². The van der Waals surface area contributed by atoms with Gasteiger partial charge in [0.25, 0.3) is 5.91 Å². The molecule has 1 aliphatic rings. The van der Waals surface area contributed by atoms with Gasteiger partial charge in [-0.2, -0.15) is 0 Å². The van der Waals surface area contributed by atoms with Crippen LogP contribution >= 0.6 is 11.6 Å². The minimum Gasteiger partial charge on any atom is -0.503 e. The summed E-state index contributed by atoms with van der Waals surface area (Å²) in [6, 6.07) is 7.81. The molecule has 3 rings (SSSR count). The van der Waals surface area contributed by atoms with E-state index in [1.165, 1.54) is 4.90 Å². The predicted octanol–water partition coefficient (Wildman–Crippen LogP) is 4.67. The number of benzene rings is 1. The fourth-order valence-corrected chi connectivity index (χ4v) is 3.21. The molecular formula is C20H20ClNO4. The lowest BCUT2D eigenvalue weighted by Crippen LogP contribution is -2.31. The van der Waals surface area contributed by atoms with Gasteiger partial charge in [-0.25, -0.2) is 0 Å². The molecule has 5 nitrogen and oxygen atoms in total. The lowest BCUT2D eigenvalue weighted by atomic mass is 9.94. The van der Waals surface area contributed by atoms with Crippen molar-refractivity contribution in [2.75, 3.05) is 4.90 Å². The zero-order valence-electron chi connectivity index (χ0n) is 15.0. The summed E-state index contributed by atoms with van der Waals surface area (Å²) in [5.41, 5.74) is 1.40. The second kappa shape index (κ2) is 6.65. The van der Waals surface area contributed by atoms with E-state index < -0.39 is 17.7 Å². The average molecular weight is 374 g/mol. The third-order valence-corrected chi connectivity index (χ3v) is 4.87. The molecule has 1 atom stereocenters. The Labute approximate surface area is 156 Å². The highest BCUT2D eigenvalue weighted by Gasteiger charge is 2.46. The number of Topliss-reactive ketones (excluding diaryl/α,β-unsaturated/α-hetero) is 1. The molecule has 26 heavy (non-hydrogen) atoms. The summed E-state index contributed by atoms with van der Waals surface area (Å²) in [4.78, 5) is 26.9. The molecule has 1 N–H and O–H groups in total. The molecule has 0 spiro atoms. The second-order valence-electron chi connectivity index (χ2n) is 6.74. The molecule has 0 fully saturated rings. The molecule has 1 aliphatic heterocycles. The molecule has 2 aromatic rings. The number of aryl methyl sites for hydroxylation is 2. The van der Waals surface area contributed by atoms with Gasteiger partial charge in [-0.1, -0.05) is 31.5 Å². The van der Waals surface area contributed by atoms with E-state index in [4.69, 9.17) is 16.0 Å². The van der Waals surface area contributed by atoms with Gasteiger partial charge in [-0.3, -0.25) is 14.5 Å². The topological polar surface area (TPSA) is 70.8 Å². The van der Waals surface area contributed by atoms with Crippen LogP contribution in [-0.2, 0) is 9.59 Å². The van der Waals surface area contributed by atoms with Gasteiger partial charge in [0.15, 0.2) is 11.5 Å². The average Bonchev–Trinajstić information content (AvgIpc) is 3.12. The van der Waals surface area contributed by atoms with E-state index in [0.29, 0.717) is 22.2 Å². The van der Waals surface area contributed by atoms with Gasteiger partial charge >= 0.3 is 0 Å². The van der Waals surface area contributed by atoms with Crippen LogP contribution < -0.4 is 4.90 Å². The molecule has 0 saturated heterocycles. The van der Waals surface area contributed by atoms with E-state index in [2.05, 4.69) is 0 Å². The number of nitrogens with zero attached hydrogens (tertiary/aromatic N) is 1. The molecule has 1 amide bonds. The number of aliphatic hydroxyl groups excluding tert-OH is 1. The van der Waals surface area contributed by atoms with E-state index in [9.17, 15) is 14.7 Å². The lowest BCUT2D eigenvalue weighted by Gasteiger charge is -2.25. The van der Waals surface area contributed by atoms with Crippen molar-refractivity contribution in [2.45, 2.75) is 33.7 Å². The fraction of sp³-hybridized carbons (Fsp3) is 0.300. The number of carbonyl (C=O) groups is 2. The van der Waals surface area contributed by atoms with Crippen LogP contribution in [0, 0.1) is 19.8 Å². The first-order valence-electron chi connectivity index (χ1n) is 8.35. The van der Waals surface area contributed by atoms with Crippen LogP contribution in [0.4, 0.5) is 5.69 Å². The third-order valence-electron chi connectivity index (χ3n) is 4.46. The van der Waals surface area contributed by atoms with E-state index in [0.717, 1.165) is 5.56 Å². The summed E-state index contributed by atoms with van der Waals surface area (Å²) in [5.74, 6) is -0.791. The molecule has 0 radical (unpaired) electrons. The Bertz CT molecular complexity index is 926. The first-order chi connectivity index (χ1) is 12.2. The molecule has 0 saturated carbocycles. The minimum atomic E-state index is -0.829. The van der Waals surface area contributed by atoms with Crippen molar-refractivity contribution < 1.29 is 19.1 Å². The molecule has 2 heterocycles. The summed E-state index contributed by atoms with van der Waals surface area (Å²) in [6.07, 6.45) is 0.